The largest absolute Gasteiger partial charge is 0.487 e. The molecule has 6 rings (SSSR count). The van der Waals surface area contributed by atoms with E-state index in [-0.39, 0.29) is 12.2 Å². The highest BCUT2D eigenvalue weighted by atomic mass is 16.5. The lowest BCUT2D eigenvalue weighted by Gasteiger charge is -2.38. The van der Waals surface area contributed by atoms with E-state index in [0.29, 0.717) is 60.7 Å². The maximum Gasteiger partial charge on any atom is 0.257 e. The molecule has 2 aromatic heterocycles. The molecule has 0 unspecified atom stereocenters. The number of aromatic nitrogens is 4. The van der Waals surface area contributed by atoms with E-state index in [2.05, 4.69) is 42.4 Å². The molecule has 2 fully saturated rings. The molecule has 1 aromatic carbocycles. The Labute approximate surface area is 281 Å². The van der Waals surface area contributed by atoms with Gasteiger partial charge in [-0.05, 0) is 64.2 Å². The van der Waals surface area contributed by atoms with Gasteiger partial charge in [0.05, 0.1) is 50.3 Å². The number of benzene rings is 1. The summed E-state index contributed by atoms with van der Waals surface area (Å²) in [6, 6.07) is 8.57. The van der Waals surface area contributed by atoms with Gasteiger partial charge in [0, 0.05) is 37.1 Å². The third-order valence-corrected chi connectivity index (χ3v) is 8.64. The Hall–Kier alpha value is -4.49. The quantitative estimate of drug-likeness (QED) is 0.216. The molecule has 0 spiro atoms. The number of anilines is 2. The van der Waals surface area contributed by atoms with Gasteiger partial charge in [-0.25, -0.2) is 15.5 Å². The molecule has 4 heterocycles. The number of morpholine rings is 1. The highest BCUT2D eigenvalue weighted by Gasteiger charge is 2.29. The first-order valence-electron chi connectivity index (χ1n) is 16.7. The van der Waals surface area contributed by atoms with Crippen molar-refractivity contribution in [3.63, 3.8) is 0 Å². The average Bonchev–Trinajstić information content (AvgIpc) is 3.77. The normalized spacial score (nSPS) is 20.4. The summed E-state index contributed by atoms with van der Waals surface area (Å²) in [5, 5.41) is 23.5. The van der Waals surface area contributed by atoms with Crippen molar-refractivity contribution >= 4 is 18.0 Å². The van der Waals surface area contributed by atoms with Crippen LogP contribution in [0.1, 0.15) is 58.1 Å². The number of nitrogens with zero attached hydrogens (tertiary/aromatic N) is 8. The van der Waals surface area contributed by atoms with Gasteiger partial charge in [0.2, 0.25) is 5.95 Å². The average molecular weight is 660 g/mol. The highest BCUT2D eigenvalue weighted by Crippen LogP contribution is 2.35. The molecule has 15 nitrogen and oxygen atoms in total. The van der Waals surface area contributed by atoms with Crippen LogP contribution in [-0.4, -0.2) is 100 Å². The van der Waals surface area contributed by atoms with E-state index in [1.54, 1.807) is 29.8 Å². The van der Waals surface area contributed by atoms with Crippen LogP contribution in [0.3, 0.4) is 0 Å². The second kappa shape index (κ2) is 16.1. The maximum absolute atomic E-state index is 9.67. The molecule has 3 aromatic rings. The number of hydrogen-bond donors (Lipinski definition) is 3. The summed E-state index contributed by atoms with van der Waals surface area (Å²) in [5.41, 5.74) is 8.31. The molecule has 15 heteroatoms. The first kappa shape index (κ1) is 33.4. The van der Waals surface area contributed by atoms with E-state index in [1.807, 2.05) is 43.8 Å². The van der Waals surface area contributed by atoms with Crippen LogP contribution in [0.4, 0.5) is 11.6 Å². The zero-order chi connectivity index (χ0) is 33.3. The SMILES string of the molecule is CC(C)OCCOc1nn([C@H]2CC[C@H](N3CCOCC3)CC2)cc1Nc1ncc(-c2ccc(C#N)c(O[C@@H](C)CN3C=NNN3)c2)cn1. The van der Waals surface area contributed by atoms with E-state index in [1.165, 1.54) is 0 Å². The lowest BCUT2D eigenvalue weighted by Crippen LogP contribution is -2.45. The second-order valence-electron chi connectivity index (χ2n) is 12.5. The van der Waals surface area contributed by atoms with Gasteiger partial charge in [-0.3, -0.25) is 14.6 Å². The molecule has 0 radical (unpaired) electrons. The number of rotatable bonds is 14. The molecular weight excluding hydrogens is 614 g/mol. The number of nitriles is 1. The Kier molecular flexibility index (Phi) is 11.2. The van der Waals surface area contributed by atoms with Gasteiger partial charge in [0.15, 0.2) is 0 Å². The Bertz CT molecular complexity index is 1540. The molecule has 2 aliphatic heterocycles. The lowest BCUT2D eigenvalue weighted by atomic mass is 9.90. The van der Waals surface area contributed by atoms with E-state index in [4.69, 9.17) is 24.0 Å². The molecular formula is C33H45N11O4. The fourth-order valence-corrected chi connectivity index (χ4v) is 6.21. The Morgan fingerprint density at radius 3 is 2.52 bits per heavy atom. The predicted molar refractivity (Wildman–Crippen MR) is 180 cm³/mol. The molecule has 256 valence electrons. The molecule has 1 aliphatic carbocycles. The molecule has 0 bridgehead atoms. The van der Waals surface area contributed by atoms with Crippen LogP contribution >= 0.6 is 0 Å². The van der Waals surface area contributed by atoms with Gasteiger partial charge >= 0.3 is 0 Å². The van der Waals surface area contributed by atoms with E-state index in [0.717, 1.165) is 63.1 Å². The van der Waals surface area contributed by atoms with Gasteiger partial charge in [0.1, 0.15) is 36.6 Å². The van der Waals surface area contributed by atoms with Gasteiger partial charge in [-0.2, -0.15) is 10.4 Å². The first-order chi connectivity index (χ1) is 23.4. The summed E-state index contributed by atoms with van der Waals surface area (Å²) in [4.78, 5) is 11.8. The van der Waals surface area contributed by atoms with Crippen LogP contribution in [-0.2, 0) is 9.47 Å². The van der Waals surface area contributed by atoms with E-state index < -0.39 is 0 Å². The van der Waals surface area contributed by atoms with Gasteiger partial charge < -0.3 is 24.3 Å². The van der Waals surface area contributed by atoms with Crippen LogP contribution in [0.2, 0.25) is 0 Å². The van der Waals surface area contributed by atoms with Crippen molar-refractivity contribution in [3.8, 4) is 28.8 Å². The monoisotopic (exact) mass is 659 g/mol. The van der Waals surface area contributed by atoms with Crippen molar-refractivity contribution in [2.45, 2.75) is 70.7 Å². The molecule has 1 saturated heterocycles. The summed E-state index contributed by atoms with van der Waals surface area (Å²) >= 11 is 0. The minimum absolute atomic E-state index is 0.124. The Morgan fingerprint density at radius 2 is 1.81 bits per heavy atom. The first-order valence-corrected chi connectivity index (χ1v) is 16.7. The molecule has 48 heavy (non-hydrogen) atoms. The van der Waals surface area contributed by atoms with Crippen LogP contribution in [0.15, 0.2) is 41.9 Å². The Balaban J connectivity index is 1.13. The van der Waals surface area contributed by atoms with Crippen LogP contribution in [0.25, 0.3) is 11.1 Å². The number of hydrazine groups is 2. The third-order valence-electron chi connectivity index (χ3n) is 8.64. The summed E-state index contributed by atoms with van der Waals surface area (Å²) in [7, 11) is 0. The van der Waals surface area contributed by atoms with Crippen LogP contribution in [0.5, 0.6) is 11.6 Å². The summed E-state index contributed by atoms with van der Waals surface area (Å²) in [6.07, 6.45) is 11.4. The standard InChI is InChI=1S/C33H45N11O4/c1-23(2)46-14-15-47-32-30(21-44(39-32)29-8-6-28(7-9-29)42-10-12-45-13-11-42)38-33-35-18-27(19-36-33)25-4-5-26(17-34)31(16-25)48-24(3)20-43-22-37-40-41-43/h4-5,16,18-19,21-24,28-29,40-41H,6-15,20H2,1-3H3,(H,35,36,38)/t24-,28-,29-/m0/s1. The van der Waals surface area contributed by atoms with Crippen LogP contribution in [0, 0.1) is 11.3 Å². The van der Waals surface area contributed by atoms with Crippen molar-refractivity contribution in [1.82, 2.24) is 40.7 Å². The zero-order valence-electron chi connectivity index (χ0n) is 27.8. The molecule has 0 amide bonds. The third kappa shape index (κ3) is 8.70. The summed E-state index contributed by atoms with van der Waals surface area (Å²) in [5.74, 6) is 1.41. The highest BCUT2D eigenvalue weighted by molar-refractivity contribution is 5.67. The van der Waals surface area contributed by atoms with Gasteiger partial charge in [-0.15, -0.1) is 10.6 Å². The summed E-state index contributed by atoms with van der Waals surface area (Å²) in [6.45, 7) is 11.0. The smallest absolute Gasteiger partial charge is 0.257 e. The van der Waals surface area contributed by atoms with E-state index in [9.17, 15) is 5.26 Å². The number of hydrazone groups is 1. The van der Waals surface area contributed by atoms with Crippen molar-refractivity contribution in [1.29, 1.82) is 5.26 Å². The molecule has 1 atom stereocenters. The number of hydrogen-bond acceptors (Lipinski definition) is 14. The number of nitrogens with one attached hydrogen (secondary N) is 3. The van der Waals surface area contributed by atoms with E-state index >= 15 is 0 Å². The minimum Gasteiger partial charge on any atom is -0.487 e. The number of ether oxygens (including phenoxy) is 4. The lowest BCUT2D eigenvalue weighted by molar-refractivity contribution is 0.00501. The molecule has 1 saturated carbocycles. The predicted octanol–water partition coefficient (Wildman–Crippen LogP) is 3.61. The fraction of sp³-hybridized carbons (Fsp3) is 0.545. The fourth-order valence-electron chi connectivity index (χ4n) is 6.21. The van der Waals surface area contributed by atoms with Gasteiger partial charge in [0.25, 0.3) is 5.88 Å². The topological polar surface area (TPSA) is 159 Å². The second-order valence-corrected chi connectivity index (χ2v) is 12.5. The summed E-state index contributed by atoms with van der Waals surface area (Å²) < 4.78 is 25.5. The molecule has 3 aliphatic rings. The zero-order valence-corrected chi connectivity index (χ0v) is 27.8. The van der Waals surface area contributed by atoms with Crippen molar-refractivity contribution < 1.29 is 18.9 Å². The van der Waals surface area contributed by atoms with Gasteiger partial charge in [-0.1, -0.05) is 6.07 Å². The minimum atomic E-state index is -0.219. The van der Waals surface area contributed by atoms with Crippen LogP contribution < -0.4 is 25.9 Å². The maximum atomic E-state index is 9.67. The van der Waals surface area contributed by atoms with Crippen molar-refractivity contribution in [2.24, 2.45) is 5.10 Å². The van der Waals surface area contributed by atoms with Crippen molar-refractivity contribution in [2.75, 3.05) is 51.4 Å². The Morgan fingerprint density at radius 1 is 1.04 bits per heavy atom. The molecule has 3 N–H and O–H groups in total. The van der Waals surface area contributed by atoms with Crippen molar-refractivity contribution in [3.05, 3.63) is 42.4 Å².